The predicted molar refractivity (Wildman–Crippen MR) is 177 cm³/mol. The third-order valence-corrected chi connectivity index (χ3v) is 11.1. The van der Waals surface area contributed by atoms with Gasteiger partial charge in [0.15, 0.2) is 0 Å². The molecule has 0 radical (unpaired) electrons. The minimum absolute atomic E-state index is 0.108. The number of carbonyl (C=O) groups excluding carboxylic acids is 2. The van der Waals surface area contributed by atoms with Crippen LogP contribution in [0.15, 0.2) is 100 Å². The second kappa shape index (κ2) is 13.1. The number of anilines is 1. The highest BCUT2D eigenvalue weighted by atomic mass is 79.9. The van der Waals surface area contributed by atoms with Crippen molar-refractivity contribution in [2.75, 3.05) is 10.8 Å². The van der Waals surface area contributed by atoms with E-state index in [1.807, 2.05) is 78.9 Å². The second-order valence-electron chi connectivity index (χ2n) is 11.7. The third kappa shape index (κ3) is 6.40. The van der Waals surface area contributed by atoms with Crippen LogP contribution in [0, 0.1) is 0 Å². The fraction of sp³-hybridized carbons (Fsp3) is 0.314. The summed E-state index contributed by atoms with van der Waals surface area (Å²) in [5, 5.41) is 4.84. The smallest absolute Gasteiger partial charge is 0.265 e. The molecule has 1 atom stereocenters. The highest BCUT2D eigenvalue weighted by Gasteiger charge is 2.36. The first-order chi connectivity index (χ1) is 21.3. The molecule has 0 aromatic heterocycles. The molecule has 44 heavy (non-hydrogen) atoms. The van der Waals surface area contributed by atoms with Crippen molar-refractivity contribution in [2.45, 2.75) is 68.5 Å². The first-order valence-electron chi connectivity index (χ1n) is 15.2. The van der Waals surface area contributed by atoms with Crippen LogP contribution in [-0.4, -0.2) is 43.8 Å². The summed E-state index contributed by atoms with van der Waals surface area (Å²) in [6.45, 7) is 0.445. The minimum atomic E-state index is -3.71. The van der Waals surface area contributed by atoms with E-state index in [1.165, 1.54) is 4.31 Å². The summed E-state index contributed by atoms with van der Waals surface area (Å²) in [6, 6.07) is 27.9. The Morgan fingerprint density at radius 3 is 2.32 bits per heavy atom. The Balaban J connectivity index is 1.25. The molecular formula is C35H36BrN3O4S. The van der Waals surface area contributed by atoms with Gasteiger partial charge >= 0.3 is 0 Å². The zero-order valence-corrected chi connectivity index (χ0v) is 26.9. The van der Waals surface area contributed by atoms with E-state index in [9.17, 15) is 18.0 Å². The van der Waals surface area contributed by atoms with E-state index in [2.05, 4.69) is 21.2 Å². The number of sulfonamides is 1. The molecule has 228 valence electrons. The van der Waals surface area contributed by atoms with Crippen LogP contribution >= 0.6 is 15.9 Å². The normalized spacial score (nSPS) is 16.2. The van der Waals surface area contributed by atoms with Gasteiger partial charge in [0, 0.05) is 41.8 Å². The highest BCUT2D eigenvalue weighted by Crippen LogP contribution is 2.42. The Hall–Kier alpha value is -3.69. The summed E-state index contributed by atoms with van der Waals surface area (Å²) in [4.78, 5) is 30.0. The van der Waals surface area contributed by atoms with Gasteiger partial charge in [-0.3, -0.25) is 13.9 Å². The Kier molecular flexibility index (Phi) is 9.05. The Labute approximate surface area is 267 Å². The van der Waals surface area contributed by atoms with Crippen molar-refractivity contribution in [1.29, 1.82) is 0 Å². The zero-order chi connectivity index (χ0) is 30.7. The van der Waals surface area contributed by atoms with Crippen molar-refractivity contribution < 1.29 is 18.0 Å². The summed E-state index contributed by atoms with van der Waals surface area (Å²) in [5.41, 5.74) is 2.54. The average Bonchev–Trinajstić information content (AvgIpc) is 3.61. The number of carbonyl (C=O) groups is 2. The van der Waals surface area contributed by atoms with Crippen molar-refractivity contribution in [1.82, 2.24) is 10.2 Å². The van der Waals surface area contributed by atoms with Gasteiger partial charge in [0.2, 0.25) is 11.8 Å². The number of hydrogen-bond acceptors (Lipinski definition) is 4. The monoisotopic (exact) mass is 673 g/mol. The first kappa shape index (κ1) is 30.3. The van der Waals surface area contributed by atoms with Crippen LogP contribution in [0.1, 0.15) is 49.7 Å². The van der Waals surface area contributed by atoms with Crippen LogP contribution in [0.5, 0.6) is 0 Å². The predicted octanol–water partition coefficient (Wildman–Crippen LogP) is 6.59. The molecule has 1 aliphatic heterocycles. The zero-order valence-electron chi connectivity index (χ0n) is 24.5. The van der Waals surface area contributed by atoms with Crippen molar-refractivity contribution >= 4 is 54.2 Å². The number of amides is 2. The summed E-state index contributed by atoms with van der Waals surface area (Å²) in [6.07, 6.45) is 4.89. The molecule has 0 unspecified atom stereocenters. The first-order valence-corrected chi connectivity index (χ1v) is 17.5. The van der Waals surface area contributed by atoms with E-state index in [0.717, 1.165) is 52.1 Å². The Bertz CT molecular complexity index is 1750. The quantitative estimate of drug-likeness (QED) is 0.195. The fourth-order valence-electron chi connectivity index (χ4n) is 6.42. The molecule has 2 aliphatic rings. The highest BCUT2D eigenvalue weighted by molar-refractivity contribution is 9.10. The van der Waals surface area contributed by atoms with E-state index in [-0.39, 0.29) is 37.4 Å². The third-order valence-electron chi connectivity index (χ3n) is 8.67. The molecule has 1 heterocycles. The molecule has 7 nitrogen and oxygen atoms in total. The van der Waals surface area contributed by atoms with E-state index in [4.69, 9.17) is 0 Å². The fourth-order valence-corrected chi connectivity index (χ4v) is 8.44. The topological polar surface area (TPSA) is 86.8 Å². The number of hydrogen-bond donors (Lipinski definition) is 1. The number of nitrogens with one attached hydrogen (secondary N) is 1. The molecule has 1 aliphatic carbocycles. The lowest BCUT2D eigenvalue weighted by Crippen LogP contribution is -2.52. The lowest BCUT2D eigenvalue weighted by atomic mass is 10.0. The van der Waals surface area contributed by atoms with Crippen molar-refractivity contribution in [3.8, 4) is 0 Å². The maximum absolute atomic E-state index is 14.1. The van der Waals surface area contributed by atoms with Crippen LogP contribution in [0.3, 0.4) is 0 Å². The number of halogens is 1. The van der Waals surface area contributed by atoms with Gasteiger partial charge in [-0.25, -0.2) is 8.42 Å². The average molecular weight is 675 g/mol. The molecule has 9 heteroatoms. The van der Waals surface area contributed by atoms with E-state index in [0.29, 0.717) is 23.4 Å². The van der Waals surface area contributed by atoms with Gasteiger partial charge in [0.05, 0.1) is 10.6 Å². The molecule has 6 rings (SSSR count). The standard InChI is InChI=1S/C35H36BrN3O4S/c36-28-20-18-26(19-21-28)24-38(31(23-25-9-2-1-3-10-25)35(41)37-29-13-4-5-14-29)33(40)17-8-22-39-30-15-6-11-27-12-7-16-32(34(27)30)44(39,42)43/h1-3,6-7,9-12,15-16,18-21,29,31H,4-5,8,13-14,17,22-24H2,(H,37,41)/t31-/m1/s1. The van der Waals surface area contributed by atoms with Gasteiger partial charge in [-0.2, -0.15) is 0 Å². The van der Waals surface area contributed by atoms with Crippen molar-refractivity contribution in [3.63, 3.8) is 0 Å². The van der Waals surface area contributed by atoms with E-state index >= 15 is 0 Å². The molecule has 1 saturated carbocycles. The molecule has 0 saturated heterocycles. The largest absolute Gasteiger partial charge is 0.352 e. The maximum Gasteiger partial charge on any atom is 0.265 e. The minimum Gasteiger partial charge on any atom is -0.352 e. The van der Waals surface area contributed by atoms with E-state index < -0.39 is 16.1 Å². The van der Waals surface area contributed by atoms with E-state index in [1.54, 1.807) is 17.0 Å². The molecule has 4 aromatic rings. The van der Waals surface area contributed by atoms with Crippen molar-refractivity contribution in [3.05, 3.63) is 107 Å². The van der Waals surface area contributed by atoms with Gasteiger partial charge in [-0.1, -0.05) is 95.5 Å². The summed E-state index contributed by atoms with van der Waals surface area (Å²) >= 11 is 3.48. The van der Waals surface area contributed by atoms with Gasteiger partial charge in [0.25, 0.3) is 10.0 Å². The van der Waals surface area contributed by atoms with Gasteiger partial charge in [0.1, 0.15) is 6.04 Å². The summed E-state index contributed by atoms with van der Waals surface area (Å²) < 4.78 is 29.3. The Morgan fingerprint density at radius 1 is 0.886 bits per heavy atom. The van der Waals surface area contributed by atoms with Crippen LogP contribution in [0.25, 0.3) is 10.8 Å². The van der Waals surface area contributed by atoms with Crippen LogP contribution < -0.4 is 9.62 Å². The number of nitrogens with zero attached hydrogens (tertiary/aromatic N) is 2. The summed E-state index contributed by atoms with van der Waals surface area (Å²) in [7, 11) is -3.71. The van der Waals surface area contributed by atoms with Crippen LogP contribution in [-0.2, 0) is 32.6 Å². The maximum atomic E-state index is 14.1. The van der Waals surface area contributed by atoms with Gasteiger partial charge in [-0.05, 0) is 60.0 Å². The number of benzene rings is 4. The van der Waals surface area contributed by atoms with Gasteiger partial charge in [-0.15, -0.1) is 0 Å². The summed E-state index contributed by atoms with van der Waals surface area (Å²) in [5.74, 6) is -0.321. The van der Waals surface area contributed by atoms with Gasteiger partial charge < -0.3 is 10.2 Å². The lowest BCUT2D eigenvalue weighted by molar-refractivity contribution is -0.141. The molecule has 0 spiro atoms. The molecule has 2 amide bonds. The molecule has 1 N–H and O–H groups in total. The number of rotatable bonds is 11. The SMILES string of the molecule is O=C(NC1CCCC1)[C@@H](Cc1ccccc1)N(Cc1ccc(Br)cc1)C(=O)CCCN1c2cccc3cccc(c23)S1(=O)=O. The van der Waals surface area contributed by atoms with Crippen LogP contribution in [0.2, 0.25) is 0 Å². The molecular weight excluding hydrogens is 638 g/mol. The molecule has 0 bridgehead atoms. The molecule has 4 aromatic carbocycles. The van der Waals surface area contributed by atoms with Crippen LogP contribution in [0.4, 0.5) is 5.69 Å². The molecule has 1 fully saturated rings. The second-order valence-corrected chi connectivity index (χ2v) is 14.4. The Morgan fingerprint density at radius 2 is 1.59 bits per heavy atom. The lowest BCUT2D eigenvalue weighted by Gasteiger charge is -2.32. The van der Waals surface area contributed by atoms with Crippen molar-refractivity contribution in [2.24, 2.45) is 0 Å².